The fourth-order valence-corrected chi connectivity index (χ4v) is 2.33. The van der Waals surface area contributed by atoms with Crippen molar-refractivity contribution in [1.82, 2.24) is 0 Å². The van der Waals surface area contributed by atoms with Crippen LogP contribution in [0.25, 0.3) is 0 Å². The lowest BCUT2D eigenvalue weighted by atomic mass is 10.1. The first-order valence-corrected chi connectivity index (χ1v) is 6.66. The fourth-order valence-electron chi connectivity index (χ4n) is 1.57. The Balaban J connectivity index is 1.83. The molecule has 0 N–H and O–H groups in total. The van der Waals surface area contributed by atoms with Crippen LogP contribution in [0.3, 0.4) is 0 Å². The molecule has 92 valence electrons. The zero-order chi connectivity index (χ0) is 12.8. The van der Waals surface area contributed by atoms with E-state index in [4.69, 9.17) is 0 Å². The van der Waals surface area contributed by atoms with Crippen molar-refractivity contribution in [2.75, 3.05) is 5.75 Å². The molecule has 0 fully saturated rings. The highest BCUT2D eigenvalue weighted by molar-refractivity contribution is 8.00. The smallest absolute Gasteiger partial charge is 0.147 e. The molecule has 2 rings (SSSR count). The van der Waals surface area contributed by atoms with E-state index in [1.165, 1.54) is 23.9 Å². The van der Waals surface area contributed by atoms with Crippen LogP contribution in [0.15, 0.2) is 59.5 Å². The van der Waals surface area contributed by atoms with Gasteiger partial charge in [0.05, 0.1) is 5.75 Å². The largest absolute Gasteiger partial charge is 0.298 e. The van der Waals surface area contributed by atoms with E-state index in [2.05, 4.69) is 0 Å². The number of ketones is 1. The molecule has 2 aromatic rings. The second kappa shape index (κ2) is 6.36. The summed E-state index contributed by atoms with van der Waals surface area (Å²) in [6, 6.07) is 15.9. The normalized spacial score (nSPS) is 10.3. The maximum Gasteiger partial charge on any atom is 0.147 e. The standard InChI is InChI=1S/C15H13FOS/c16-13-6-8-15(9-7-13)18-11-14(17)10-12-4-2-1-3-5-12/h1-9H,10-11H2. The Morgan fingerprint density at radius 1 is 1.00 bits per heavy atom. The van der Waals surface area contributed by atoms with Gasteiger partial charge in [-0.3, -0.25) is 4.79 Å². The topological polar surface area (TPSA) is 17.1 Å². The number of hydrogen-bond acceptors (Lipinski definition) is 2. The van der Waals surface area contributed by atoms with Gasteiger partial charge in [0.1, 0.15) is 11.6 Å². The van der Waals surface area contributed by atoms with Gasteiger partial charge in [-0.2, -0.15) is 0 Å². The van der Waals surface area contributed by atoms with E-state index in [1.54, 1.807) is 12.1 Å². The minimum Gasteiger partial charge on any atom is -0.298 e. The zero-order valence-corrected chi connectivity index (χ0v) is 10.6. The van der Waals surface area contributed by atoms with Gasteiger partial charge in [-0.05, 0) is 29.8 Å². The molecular weight excluding hydrogens is 247 g/mol. The van der Waals surface area contributed by atoms with Gasteiger partial charge in [0, 0.05) is 11.3 Å². The summed E-state index contributed by atoms with van der Waals surface area (Å²) in [5.41, 5.74) is 1.03. The maximum absolute atomic E-state index is 12.7. The number of carbonyl (C=O) groups excluding carboxylic acids is 1. The third kappa shape index (κ3) is 4.00. The third-order valence-electron chi connectivity index (χ3n) is 2.46. The van der Waals surface area contributed by atoms with Crippen molar-refractivity contribution in [3.63, 3.8) is 0 Å². The summed E-state index contributed by atoms with van der Waals surface area (Å²) in [6.45, 7) is 0. The van der Waals surface area contributed by atoms with Crippen molar-refractivity contribution in [2.45, 2.75) is 11.3 Å². The molecule has 0 aliphatic heterocycles. The van der Waals surface area contributed by atoms with Crippen molar-refractivity contribution in [3.8, 4) is 0 Å². The van der Waals surface area contributed by atoms with Gasteiger partial charge in [0.15, 0.2) is 0 Å². The summed E-state index contributed by atoms with van der Waals surface area (Å²) in [5, 5.41) is 0. The van der Waals surface area contributed by atoms with Crippen molar-refractivity contribution >= 4 is 17.5 Å². The minimum atomic E-state index is -0.255. The predicted molar refractivity (Wildman–Crippen MR) is 72.3 cm³/mol. The number of hydrogen-bond donors (Lipinski definition) is 0. The van der Waals surface area contributed by atoms with Crippen LogP contribution in [-0.2, 0) is 11.2 Å². The second-order valence-corrected chi connectivity index (χ2v) is 4.99. The number of rotatable bonds is 5. The van der Waals surface area contributed by atoms with Crippen molar-refractivity contribution in [3.05, 3.63) is 66.0 Å². The van der Waals surface area contributed by atoms with Crippen LogP contribution in [0.2, 0.25) is 0 Å². The number of thioether (sulfide) groups is 1. The van der Waals surface area contributed by atoms with Crippen molar-refractivity contribution in [1.29, 1.82) is 0 Å². The Bertz CT molecular complexity index is 508. The predicted octanol–water partition coefficient (Wildman–Crippen LogP) is 3.73. The first-order valence-electron chi connectivity index (χ1n) is 5.68. The van der Waals surface area contributed by atoms with E-state index in [9.17, 15) is 9.18 Å². The van der Waals surface area contributed by atoms with Crippen LogP contribution in [0.5, 0.6) is 0 Å². The molecule has 0 unspecified atom stereocenters. The number of halogens is 1. The van der Waals surface area contributed by atoms with Crippen LogP contribution in [-0.4, -0.2) is 11.5 Å². The summed E-state index contributed by atoms with van der Waals surface area (Å²) >= 11 is 1.44. The summed E-state index contributed by atoms with van der Waals surface area (Å²) in [5.74, 6) is 0.339. The molecule has 0 aromatic heterocycles. The lowest BCUT2D eigenvalue weighted by Crippen LogP contribution is -2.05. The molecule has 0 aliphatic rings. The molecule has 0 spiro atoms. The van der Waals surface area contributed by atoms with Gasteiger partial charge in [-0.25, -0.2) is 4.39 Å². The maximum atomic E-state index is 12.7. The molecule has 0 aliphatic carbocycles. The minimum absolute atomic E-state index is 0.176. The highest BCUT2D eigenvalue weighted by atomic mass is 32.2. The summed E-state index contributed by atoms with van der Waals surface area (Å²) in [6.07, 6.45) is 0.453. The SMILES string of the molecule is O=C(CSc1ccc(F)cc1)Cc1ccccc1. The number of benzene rings is 2. The van der Waals surface area contributed by atoms with Crippen LogP contribution in [0, 0.1) is 5.82 Å². The van der Waals surface area contributed by atoms with Crippen LogP contribution in [0.1, 0.15) is 5.56 Å². The zero-order valence-electron chi connectivity index (χ0n) is 9.80. The van der Waals surface area contributed by atoms with Crippen molar-refractivity contribution in [2.24, 2.45) is 0 Å². The quantitative estimate of drug-likeness (QED) is 0.762. The van der Waals surface area contributed by atoms with Gasteiger partial charge in [-0.1, -0.05) is 30.3 Å². The summed E-state index contributed by atoms with van der Waals surface area (Å²) in [4.78, 5) is 12.7. The molecule has 0 heterocycles. The Hall–Kier alpha value is -1.61. The van der Waals surface area contributed by atoms with Crippen LogP contribution in [0.4, 0.5) is 4.39 Å². The van der Waals surface area contributed by atoms with Gasteiger partial charge in [0.2, 0.25) is 0 Å². The lowest BCUT2D eigenvalue weighted by molar-refractivity contribution is -0.116. The number of Topliss-reactive ketones (excluding diaryl/α,β-unsaturated/α-hetero) is 1. The second-order valence-electron chi connectivity index (χ2n) is 3.94. The van der Waals surface area contributed by atoms with Crippen molar-refractivity contribution < 1.29 is 9.18 Å². The molecule has 0 amide bonds. The molecule has 0 radical (unpaired) electrons. The molecule has 0 bridgehead atoms. The Morgan fingerprint density at radius 2 is 1.67 bits per heavy atom. The van der Waals surface area contributed by atoms with E-state index in [0.29, 0.717) is 12.2 Å². The molecule has 2 aromatic carbocycles. The van der Waals surface area contributed by atoms with E-state index >= 15 is 0 Å². The average Bonchev–Trinajstić information content (AvgIpc) is 2.39. The third-order valence-corrected chi connectivity index (χ3v) is 3.53. The molecule has 3 heteroatoms. The van der Waals surface area contributed by atoms with E-state index in [0.717, 1.165) is 10.5 Å². The van der Waals surface area contributed by atoms with Crippen LogP contribution >= 0.6 is 11.8 Å². The first kappa shape index (κ1) is 12.8. The summed E-state index contributed by atoms with van der Waals surface area (Å²) < 4.78 is 12.7. The molecule has 18 heavy (non-hydrogen) atoms. The van der Waals surface area contributed by atoms with Crippen LogP contribution < -0.4 is 0 Å². The highest BCUT2D eigenvalue weighted by Crippen LogP contribution is 2.18. The molecule has 0 saturated heterocycles. The molecule has 1 nitrogen and oxygen atoms in total. The van der Waals surface area contributed by atoms with Gasteiger partial charge in [0.25, 0.3) is 0 Å². The average molecular weight is 260 g/mol. The summed E-state index contributed by atoms with van der Waals surface area (Å²) in [7, 11) is 0. The lowest BCUT2D eigenvalue weighted by Gasteiger charge is -2.02. The Kier molecular flexibility index (Phi) is 4.53. The first-order chi connectivity index (χ1) is 8.74. The van der Waals surface area contributed by atoms with E-state index < -0.39 is 0 Å². The molecule has 0 atom stereocenters. The molecular formula is C15H13FOS. The fraction of sp³-hybridized carbons (Fsp3) is 0.133. The Morgan fingerprint density at radius 3 is 2.33 bits per heavy atom. The van der Waals surface area contributed by atoms with E-state index in [-0.39, 0.29) is 11.6 Å². The Labute approximate surface area is 110 Å². The highest BCUT2D eigenvalue weighted by Gasteiger charge is 2.04. The van der Waals surface area contributed by atoms with E-state index in [1.807, 2.05) is 30.3 Å². The number of carbonyl (C=O) groups is 1. The van der Waals surface area contributed by atoms with Gasteiger partial charge >= 0.3 is 0 Å². The van der Waals surface area contributed by atoms with Gasteiger partial charge in [-0.15, -0.1) is 11.8 Å². The monoisotopic (exact) mass is 260 g/mol. The van der Waals surface area contributed by atoms with Gasteiger partial charge < -0.3 is 0 Å². The molecule has 0 saturated carbocycles.